The molecule has 5 rings (SSSR count). The Labute approximate surface area is 143 Å². The van der Waals surface area contributed by atoms with E-state index >= 15 is 0 Å². The molecule has 0 aliphatic carbocycles. The molecule has 0 atom stereocenters. The molecule has 0 spiro atoms. The summed E-state index contributed by atoms with van der Waals surface area (Å²) in [5.41, 5.74) is 5.06. The summed E-state index contributed by atoms with van der Waals surface area (Å²) in [4.78, 5) is 5.88. The lowest BCUT2D eigenvalue weighted by Crippen LogP contribution is -1.84. The first kappa shape index (κ1) is 13.8. The number of aromatic nitrogens is 1. The van der Waals surface area contributed by atoms with Gasteiger partial charge in [0.2, 0.25) is 0 Å². The van der Waals surface area contributed by atoms with Crippen molar-refractivity contribution in [3.8, 4) is 11.3 Å². The second-order valence-corrected chi connectivity index (χ2v) is 7.48. The lowest BCUT2D eigenvalue weighted by Gasteiger charge is -2.02. The molecule has 0 bridgehead atoms. The molecule has 0 saturated heterocycles. The Morgan fingerprint density at radius 2 is 1.79 bits per heavy atom. The van der Waals surface area contributed by atoms with E-state index in [1.54, 1.807) is 11.3 Å². The van der Waals surface area contributed by atoms with Crippen LogP contribution in [-0.2, 0) is 0 Å². The highest BCUT2D eigenvalue weighted by molar-refractivity contribution is 7.19. The first-order valence-electron chi connectivity index (χ1n) is 7.98. The minimum atomic E-state index is 0.919. The van der Waals surface area contributed by atoms with Crippen LogP contribution in [0.15, 0.2) is 59.1 Å². The molecule has 0 radical (unpaired) electrons. The Morgan fingerprint density at radius 3 is 2.62 bits per heavy atom. The topological polar surface area (TPSA) is 26.0 Å². The summed E-state index contributed by atoms with van der Waals surface area (Å²) < 4.78 is 7.59. The fraction of sp³-hybridized carbons (Fsp3) is 0.0952. The van der Waals surface area contributed by atoms with Crippen molar-refractivity contribution in [3.63, 3.8) is 0 Å². The molecule has 116 valence electrons. The van der Waals surface area contributed by atoms with E-state index in [2.05, 4.69) is 67.4 Å². The fourth-order valence-corrected chi connectivity index (χ4v) is 4.31. The molecule has 3 aromatic heterocycles. The van der Waals surface area contributed by atoms with Gasteiger partial charge in [-0.3, -0.25) is 4.98 Å². The van der Waals surface area contributed by atoms with Gasteiger partial charge in [0.05, 0.1) is 10.4 Å². The average molecular weight is 329 g/mol. The highest BCUT2D eigenvalue weighted by Crippen LogP contribution is 2.40. The summed E-state index contributed by atoms with van der Waals surface area (Å²) in [6.07, 6.45) is 1.90. The summed E-state index contributed by atoms with van der Waals surface area (Å²) in [7, 11) is 0. The van der Waals surface area contributed by atoms with E-state index in [4.69, 9.17) is 4.42 Å². The van der Waals surface area contributed by atoms with Crippen molar-refractivity contribution in [2.45, 2.75) is 13.8 Å². The second kappa shape index (κ2) is 4.92. The van der Waals surface area contributed by atoms with Gasteiger partial charge in [0.1, 0.15) is 5.58 Å². The first-order valence-corrected chi connectivity index (χ1v) is 8.80. The van der Waals surface area contributed by atoms with E-state index in [0.29, 0.717) is 0 Å². The van der Waals surface area contributed by atoms with Crippen molar-refractivity contribution in [2.24, 2.45) is 0 Å². The summed E-state index contributed by atoms with van der Waals surface area (Å²) in [5.74, 6) is 0. The molecule has 5 aromatic rings. The zero-order valence-corrected chi connectivity index (χ0v) is 14.3. The molecule has 2 nitrogen and oxygen atoms in total. The van der Waals surface area contributed by atoms with Gasteiger partial charge in [-0.2, -0.15) is 0 Å². The molecule has 0 unspecified atom stereocenters. The van der Waals surface area contributed by atoms with Gasteiger partial charge in [-0.1, -0.05) is 24.3 Å². The Balaban J connectivity index is 1.89. The molecule has 3 heterocycles. The van der Waals surface area contributed by atoms with Gasteiger partial charge in [-0.05, 0) is 49.1 Å². The van der Waals surface area contributed by atoms with Crippen LogP contribution in [0.1, 0.15) is 10.4 Å². The van der Waals surface area contributed by atoms with Gasteiger partial charge in [-0.25, -0.2) is 0 Å². The number of benzene rings is 2. The monoisotopic (exact) mass is 329 g/mol. The maximum absolute atomic E-state index is 6.37. The number of fused-ring (bicyclic) bond motifs is 5. The predicted molar refractivity (Wildman–Crippen MR) is 102 cm³/mol. The van der Waals surface area contributed by atoms with E-state index in [-0.39, 0.29) is 0 Å². The van der Waals surface area contributed by atoms with Crippen molar-refractivity contribution < 1.29 is 4.42 Å². The largest absolute Gasteiger partial charge is 0.454 e. The summed E-state index contributed by atoms with van der Waals surface area (Å²) >= 11 is 1.79. The number of nitrogens with zero attached hydrogens (tertiary/aromatic N) is 1. The minimum Gasteiger partial charge on any atom is -0.454 e. The van der Waals surface area contributed by atoms with Crippen LogP contribution in [0, 0.1) is 13.8 Å². The van der Waals surface area contributed by atoms with Crippen molar-refractivity contribution >= 4 is 43.4 Å². The van der Waals surface area contributed by atoms with E-state index < -0.39 is 0 Å². The Hall–Kier alpha value is -2.65. The van der Waals surface area contributed by atoms with Crippen molar-refractivity contribution in [3.05, 3.63) is 65.2 Å². The smallest absolute Gasteiger partial charge is 0.153 e. The maximum Gasteiger partial charge on any atom is 0.153 e. The standard InChI is InChI=1S/C21H15NOS/c1-12-6-9-18(22-11-12)17-5-3-4-15-16-8-7-14-10-13(2)24-21(14)20(16)23-19(15)17/h3-11H,1-2H3. The van der Waals surface area contributed by atoms with Crippen LogP contribution in [0.3, 0.4) is 0 Å². The number of aryl methyl sites for hydroxylation is 2. The van der Waals surface area contributed by atoms with Crippen LogP contribution < -0.4 is 0 Å². The van der Waals surface area contributed by atoms with Gasteiger partial charge < -0.3 is 4.42 Å². The Morgan fingerprint density at radius 1 is 0.917 bits per heavy atom. The summed E-state index contributed by atoms with van der Waals surface area (Å²) in [5, 5.41) is 3.57. The van der Waals surface area contributed by atoms with Crippen LogP contribution in [0.5, 0.6) is 0 Å². The van der Waals surface area contributed by atoms with Gasteiger partial charge >= 0.3 is 0 Å². The van der Waals surface area contributed by atoms with Crippen LogP contribution in [0.25, 0.3) is 43.3 Å². The number of hydrogen-bond donors (Lipinski definition) is 0. The highest BCUT2D eigenvalue weighted by Gasteiger charge is 2.15. The number of rotatable bonds is 1. The summed E-state index contributed by atoms with van der Waals surface area (Å²) in [6, 6.07) is 17.0. The molecular weight excluding hydrogens is 314 g/mol. The molecule has 0 amide bonds. The van der Waals surface area contributed by atoms with Crippen LogP contribution in [0.4, 0.5) is 0 Å². The number of furan rings is 1. The molecule has 2 aromatic carbocycles. The lowest BCUT2D eigenvalue weighted by molar-refractivity contribution is 0.674. The fourth-order valence-electron chi connectivity index (χ4n) is 3.31. The number of hydrogen-bond acceptors (Lipinski definition) is 3. The molecule has 0 fully saturated rings. The van der Waals surface area contributed by atoms with Crippen molar-refractivity contribution in [1.29, 1.82) is 0 Å². The normalized spacial score (nSPS) is 11.8. The summed E-state index contributed by atoms with van der Waals surface area (Å²) in [6.45, 7) is 4.19. The molecule has 24 heavy (non-hydrogen) atoms. The molecule has 0 aliphatic rings. The van der Waals surface area contributed by atoms with Gasteiger partial charge in [0.25, 0.3) is 0 Å². The van der Waals surface area contributed by atoms with Crippen molar-refractivity contribution in [2.75, 3.05) is 0 Å². The average Bonchev–Trinajstić information content (AvgIpc) is 3.14. The Bertz CT molecular complexity index is 1210. The number of para-hydroxylation sites is 1. The first-order chi connectivity index (χ1) is 11.7. The van der Waals surface area contributed by atoms with E-state index in [1.165, 1.54) is 20.3 Å². The third-order valence-corrected chi connectivity index (χ3v) is 5.53. The van der Waals surface area contributed by atoms with E-state index in [1.807, 2.05) is 6.20 Å². The third kappa shape index (κ3) is 1.91. The molecule has 0 saturated carbocycles. The minimum absolute atomic E-state index is 0.919. The predicted octanol–water partition coefficient (Wildman–Crippen LogP) is 6.48. The van der Waals surface area contributed by atoms with Gasteiger partial charge in [0, 0.05) is 27.4 Å². The molecule has 0 aliphatic heterocycles. The maximum atomic E-state index is 6.37. The molecule has 0 N–H and O–H groups in total. The second-order valence-electron chi connectivity index (χ2n) is 6.22. The van der Waals surface area contributed by atoms with E-state index in [0.717, 1.165) is 33.4 Å². The quantitative estimate of drug-likeness (QED) is 0.352. The SMILES string of the molecule is Cc1ccc(-c2cccc3c2oc2c3ccc3cc(C)sc32)nc1. The number of thiophene rings is 1. The molecular formula is C21H15NOS. The van der Waals surface area contributed by atoms with E-state index in [9.17, 15) is 0 Å². The van der Waals surface area contributed by atoms with Gasteiger partial charge in [0.15, 0.2) is 5.58 Å². The van der Waals surface area contributed by atoms with Crippen LogP contribution in [-0.4, -0.2) is 4.98 Å². The lowest BCUT2D eigenvalue weighted by atomic mass is 10.1. The number of pyridine rings is 1. The van der Waals surface area contributed by atoms with Crippen LogP contribution in [0.2, 0.25) is 0 Å². The molecule has 3 heteroatoms. The zero-order chi connectivity index (χ0) is 16.3. The van der Waals surface area contributed by atoms with Gasteiger partial charge in [-0.15, -0.1) is 11.3 Å². The highest BCUT2D eigenvalue weighted by atomic mass is 32.1. The Kier molecular flexibility index (Phi) is 2.82. The zero-order valence-electron chi connectivity index (χ0n) is 13.5. The third-order valence-electron chi connectivity index (χ3n) is 4.46. The van der Waals surface area contributed by atoms with Crippen LogP contribution >= 0.6 is 11.3 Å². The van der Waals surface area contributed by atoms with Crippen molar-refractivity contribution in [1.82, 2.24) is 4.98 Å².